The van der Waals surface area contributed by atoms with Crippen LogP contribution in [-0.2, 0) is 22.4 Å². The molecule has 1 heterocycles. The van der Waals surface area contributed by atoms with Gasteiger partial charge in [-0.2, -0.15) is 0 Å². The number of ether oxygens (including phenoxy) is 1. The number of hydrogen-bond acceptors (Lipinski definition) is 6. The van der Waals surface area contributed by atoms with Crippen molar-refractivity contribution in [1.29, 1.82) is 0 Å². The Kier molecular flexibility index (Phi) is 8.89. The Morgan fingerprint density at radius 2 is 1.80 bits per heavy atom. The molecule has 0 saturated carbocycles. The summed E-state index contributed by atoms with van der Waals surface area (Å²) in [4.78, 5) is 40.2. The fourth-order valence-electron chi connectivity index (χ4n) is 4.81. The topological polar surface area (TPSA) is 84.5 Å². The molecule has 0 radical (unpaired) electrons. The van der Waals surface area contributed by atoms with Crippen LogP contribution >= 0.6 is 34.7 Å². The molecule has 0 bridgehead atoms. The van der Waals surface area contributed by atoms with E-state index in [9.17, 15) is 14.4 Å². The Balaban J connectivity index is 1.24. The molecule has 5 rings (SSSR count). The second-order valence-corrected chi connectivity index (χ2v) is 12.0. The van der Waals surface area contributed by atoms with E-state index >= 15 is 0 Å². The van der Waals surface area contributed by atoms with Crippen LogP contribution in [0.1, 0.15) is 49.1 Å². The van der Waals surface area contributed by atoms with E-state index in [2.05, 4.69) is 22.8 Å². The zero-order valence-corrected chi connectivity index (χ0v) is 24.1. The number of carbonyl (C=O) groups excluding carboxylic acids is 3. The summed E-state index contributed by atoms with van der Waals surface area (Å²) in [6, 6.07) is 24.4. The number of carbonyl (C=O) groups is 3. The SMILES string of the molecule is COC(=O)c1c(NC(=O)CSc2cccc(NC(=O)c3cccc(Cl)c3)c2)sc2c1CCC(c1ccccc1)C2. The average molecular weight is 591 g/mol. The quantitative estimate of drug-likeness (QED) is 0.164. The highest BCUT2D eigenvalue weighted by Crippen LogP contribution is 2.43. The smallest absolute Gasteiger partial charge is 0.341 e. The number of methoxy groups -OCH3 is 1. The normalized spacial score (nSPS) is 14.2. The molecule has 1 unspecified atom stereocenters. The van der Waals surface area contributed by atoms with Gasteiger partial charge >= 0.3 is 5.97 Å². The Hall–Kier alpha value is -3.59. The van der Waals surface area contributed by atoms with Gasteiger partial charge in [-0.15, -0.1) is 23.1 Å². The molecular formula is C31H27ClN2O4S2. The van der Waals surface area contributed by atoms with Crippen molar-refractivity contribution in [2.75, 3.05) is 23.5 Å². The molecule has 0 fully saturated rings. The molecule has 204 valence electrons. The summed E-state index contributed by atoms with van der Waals surface area (Å²) >= 11 is 8.80. The van der Waals surface area contributed by atoms with Gasteiger partial charge < -0.3 is 15.4 Å². The van der Waals surface area contributed by atoms with Crippen LogP contribution in [0.5, 0.6) is 0 Å². The fraction of sp³-hybridized carbons (Fsp3) is 0.194. The van der Waals surface area contributed by atoms with E-state index in [0.717, 1.165) is 34.6 Å². The molecule has 1 aliphatic carbocycles. The van der Waals surface area contributed by atoms with Crippen LogP contribution in [0.4, 0.5) is 10.7 Å². The van der Waals surface area contributed by atoms with Gasteiger partial charge in [-0.1, -0.05) is 54.1 Å². The lowest BCUT2D eigenvalue weighted by molar-refractivity contribution is -0.113. The largest absolute Gasteiger partial charge is 0.465 e. The molecule has 2 N–H and O–H groups in total. The van der Waals surface area contributed by atoms with E-state index < -0.39 is 5.97 Å². The number of fused-ring (bicyclic) bond motifs is 1. The summed E-state index contributed by atoms with van der Waals surface area (Å²) in [5.41, 5.74) is 3.81. The minimum absolute atomic E-state index is 0.140. The van der Waals surface area contributed by atoms with Gasteiger partial charge in [-0.25, -0.2) is 4.79 Å². The van der Waals surface area contributed by atoms with Crippen LogP contribution in [0.15, 0.2) is 83.8 Å². The number of nitrogens with one attached hydrogen (secondary N) is 2. The number of anilines is 2. The lowest BCUT2D eigenvalue weighted by Crippen LogP contribution is -2.17. The molecular weight excluding hydrogens is 564 g/mol. The third-order valence-electron chi connectivity index (χ3n) is 6.73. The Morgan fingerprint density at radius 3 is 2.58 bits per heavy atom. The first-order valence-electron chi connectivity index (χ1n) is 12.8. The summed E-state index contributed by atoms with van der Waals surface area (Å²) in [6.45, 7) is 0. The maximum atomic E-state index is 13.0. The van der Waals surface area contributed by atoms with Crippen molar-refractivity contribution >= 4 is 63.2 Å². The predicted molar refractivity (Wildman–Crippen MR) is 162 cm³/mol. The maximum absolute atomic E-state index is 13.0. The lowest BCUT2D eigenvalue weighted by atomic mass is 9.83. The number of rotatable bonds is 8. The van der Waals surface area contributed by atoms with E-state index in [-0.39, 0.29) is 17.6 Å². The number of amides is 2. The van der Waals surface area contributed by atoms with E-state index in [4.69, 9.17) is 16.3 Å². The van der Waals surface area contributed by atoms with Gasteiger partial charge in [0.1, 0.15) is 5.00 Å². The van der Waals surface area contributed by atoms with Crippen molar-refractivity contribution in [1.82, 2.24) is 0 Å². The van der Waals surface area contributed by atoms with E-state index in [1.165, 1.54) is 35.8 Å². The van der Waals surface area contributed by atoms with Gasteiger partial charge in [-0.3, -0.25) is 9.59 Å². The number of halogens is 1. The molecule has 4 aromatic rings. The van der Waals surface area contributed by atoms with Gasteiger partial charge in [0.2, 0.25) is 5.91 Å². The van der Waals surface area contributed by atoms with E-state index in [1.807, 2.05) is 36.4 Å². The van der Waals surface area contributed by atoms with Gasteiger partial charge in [0, 0.05) is 26.0 Å². The van der Waals surface area contributed by atoms with Crippen LogP contribution in [0.2, 0.25) is 5.02 Å². The number of benzene rings is 3. The van der Waals surface area contributed by atoms with Crippen LogP contribution in [0, 0.1) is 0 Å². The van der Waals surface area contributed by atoms with Crippen LogP contribution < -0.4 is 10.6 Å². The predicted octanol–water partition coefficient (Wildman–Crippen LogP) is 7.44. The Labute approximate surface area is 246 Å². The molecule has 2 amide bonds. The minimum atomic E-state index is -0.429. The molecule has 6 nitrogen and oxygen atoms in total. The standard InChI is InChI=1S/C31H27ClN2O4S2/c1-38-31(37)28-25-14-13-20(19-7-3-2-4-8-19)16-26(25)40-30(28)34-27(35)18-39-24-12-6-11-23(17-24)33-29(36)21-9-5-10-22(32)15-21/h2-12,15,17,20H,13-14,16,18H2,1H3,(H,33,36)(H,34,35). The van der Waals surface area contributed by atoms with Crippen molar-refractivity contribution in [2.45, 2.75) is 30.1 Å². The van der Waals surface area contributed by atoms with Crippen LogP contribution in [-0.4, -0.2) is 30.6 Å². The second-order valence-electron chi connectivity index (χ2n) is 9.38. The molecule has 0 saturated heterocycles. The third-order valence-corrected chi connectivity index (χ3v) is 9.13. The van der Waals surface area contributed by atoms with Crippen molar-refractivity contribution in [3.8, 4) is 0 Å². The van der Waals surface area contributed by atoms with Crippen molar-refractivity contribution in [3.63, 3.8) is 0 Å². The van der Waals surface area contributed by atoms with Crippen molar-refractivity contribution in [3.05, 3.63) is 111 Å². The highest BCUT2D eigenvalue weighted by molar-refractivity contribution is 8.00. The molecule has 40 heavy (non-hydrogen) atoms. The highest BCUT2D eigenvalue weighted by atomic mass is 35.5. The van der Waals surface area contributed by atoms with Crippen molar-refractivity contribution in [2.24, 2.45) is 0 Å². The second kappa shape index (κ2) is 12.7. The number of hydrogen-bond donors (Lipinski definition) is 2. The maximum Gasteiger partial charge on any atom is 0.341 e. The lowest BCUT2D eigenvalue weighted by Gasteiger charge is -2.22. The first-order valence-corrected chi connectivity index (χ1v) is 15.0. The molecule has 1 atom stereocenters. The minimum Gasteiger partial charge on any atom is -0.465 e. The van der Waals surface area contributed by atoms with Gasteiger partial charge in [0.15, 0.2) is 0 Å². The van der Waals surface area contributed by atoms with Crippen LogP contribution in [0.25, 0.3) is 0 Å². The number of thiophene rings is 1. The molecule has 9 heteroatoms. The molecule has 1 aromatic heterocycles. The molecule has 1 aliphatic rings. The van der Waals surface area contributed by atoms with E-state index in [1.54, 1.807) is 30.3 Å². The first kappa shape index (κ1) is 28.0. The monoisotopic (exact) mass is 590 g/mol. The van der Waals surface area contributed by atoms with E-state index in [0.29, 0.717) is 32.8 Å². The Bertz CT molecular complexity index is 1550. The fourth-order valence-corrected chi connectivity index (χ4v) is 7.09. The summed E-state index contributed by atoms with van der Waals surface area (Å²) in [5.74, 6) is -0.400. The van der Waals surface area contributed by atoms with Gasteiger partial charge in [-0.05, 0) is 72.7 Å². The average Bonchev–Trinajstić information content (AvgIpc) is 3.33. The van der Waals surface area contributed by atoms with Crippen LogP contribution in [0.3, 0.4) is 0 Å². The zero-order valence-electron chi connectivity index (χ0n) is 21.7. The Morgan fingerprint density at radius 1 is 1.00 bits per heavy atom. The number of thioether (sulfide) groups is 1. The molecule has 3 aromatic carbocycles. The molecule has 0 aliphatic heterocycles. The zero-order chi connectivity index (χ0) is 28.1. The first-order chi connectivity index (χ1) is 19.4. The number of esters is 1. The third kappa shape index (κ3) is 6.58. The van der Waals surface area contributed by atoms with Gasteiger partial charge in [0.05, 0.1) is 18.4 Å². The highest BCUT2D eigenvalue weighted by Gasteiger charge is 2.30. The van der Waals surface area contributed by atoms with Crippen molar-refractivity contribution < 1.29 is 19.1 Å². The van der Waals surface area contributed by atoms with Gasteiger partial charge in [0.25, 0.3) is 5.91 Å². The summed E-state index contributed by atoms with van der Waals surface area (Å²) in [5, 5.41) is 6.85. The summed E-state index contributed by atoms with van der Waals surface area (Å²) in [6.07, 6.45) is 2.52. The summed E-state index contributed by atoms with van der Waals surface area (Å²) < 4.78 is 5.08. The molecule has 0 spiro atoms. The summed E-state index contributed by atoms with van der Waals surface area (Å²) in [7, 11) is 1.36.